The summed E-state index contributed by atoms with van der Waals surface area (Å²) in [6.45, 7) is -0.814. The van der Waals surface area contributed by atoms with Gasteiger partial charge in [-0.25, -0.2) is 8.78 Å². The molecule has 0 heterocycles. The lowest BCUT2D eigenvalue weighted by Crippen LogP contribution is -2.38. The van der Waals surface area contributed by atoms with Crippen LogP contribution in [0.25, 0.3) is 0 Å². The number of aliphatic hydroxyl groups excluding tert-OH is 1. The predicted octanol–water partition coefficient (Wildman–Crippen LogP) is 2.43. The minimum Gasteiger partial charge on any atom is -0.395 e. The summed E-state index contributed by atoms with van der Waals surface area (Å²) in [7, 11) is 0. The molecule has 5 heteroatoms. The average Bonchev–Trinajstić information content (AvgIpc) is 2.56. The number of halogens is 2. The third kappa shape index (κ3) is 5.76. The summed E-state index contributed by atoms with van der Waals surface area (Å²) >= 11 is 0. The van der Waals surface area contributed by atoms with Crippen molar-refractivity contribution in [3.8, 4) is 0 Å². The minimum absolute atomic E-state index is 0.00981. The summed E-state index contributed by atoms with van der Waals surface area (Å²) in [5.74, 6) is 0.0927. The Labute approximate surface area is 107 Å². The Bertz CT molecular complexity index is 241. The highest BCUT2D eigenvalue weighted by molar-refractivity contribution is 5.76. The molecule has 0 spiro atoms. The lowest BCUT2D eigenvalue weighted by Gasteiger charge is -2.23. The van der Waals surface area contributed by atoms with Gasteiger partial charge in [-0.15, -0.1) is 0 Å². The third-order valence-corrected chi connectivity index (χ3v) is 3.52. The molecule has 1 rings (SSSR count). The molecular weight excluding hydrogens is 240 g/mol. The predicted molar refractivity (Wildman–Crippen MR) is 65.5 cm³/mol. The maximum Gasteiger partial charge on any atom is 0.255 e. The zero-order valence-corrected chi connectivity index (χ0v) is 10.8. The van der Waals surface area contributed by atoms with Crippen LogP contribution in [0.2, 0.25) is 0 Å². The van der Waals surface area contributed by atoms with Gasteiger partial charge in [0.25, 0.3) is 6.43 Å². The number of nitrogens with zero attached hydrogens (tertiary/aromatic N) is 1. The van der Waals surface area contributed by atoms with Crippen molar-refractivity contribution in [3.05, 3.63) is 0 Å². The fourth-order valence-electron chi connectivity index (χ4n) is 2.55. The van der Waals surface area contributed by atoms with Gasteiger partial charge in [-0.1, -0.05) is 25.7 Å². The highest BCUT2D eigenvalue weighted by Gasteiger charge is 2.22. The maximum atomic E-state index is 12.3. The molecule has 1 saturated carbocycles. The van der Waals surface area contributed by atoms with Gasteiger partial charge in [0.1, 0.15) is 0 Å². The Balaban J connectivity index is 2.43. The molecule has 1 amide bonds. The SMILES string of the molecule is O=C(CC1CCCCCC1)N(CCO)CC(F)F. The molecule has 1 fully saturated rings. The van der Waals surface area contributed by atoms with Gasteiger partial charge in [-0.2, -0.15) is 0 Å². The second-order valence-corrected chi connectivity index (χ2v) is 5.02. The molecule has 0 bridgehead atoms. The fraction of sp³-hybridized carbons (Fsp3) is 0.923. The number of hydrogen-bond acceptors (Lipinski definition) is 2. The van der Waals surface area contributed by atoms with Crippen molar-refractivity contribution in [2.75, 3.05) is 19.7 Å². The summed E-state index contributed by atoms with van der Waals surface area (Å²) in [5.41, 5.74) is 0. The van der Waals surface area contributed by atoms with Crippen LogP contribution in [0.1, 0.15) is 44.9 Å². The maximum absolute atomic E-state index is 12.3. The van der Waals surface area contributed by atoms with E-state index in [1.807, 2.05) is 0 Å². The fourth-order valence-corrected chi connectivity index (χ4v) is 2.55. The zero-order chi connectivity index (χ0) is 13.4. The first-order valence-electron chi connectivity index (χ1n) is 6.80. The van der Waals surface area contributed by atoms with Gasteiger partial charge in [-0.05, 0) is 18.8 Å². The lowest BCUT2D eigenvalue weighted by atomic mass is 9.96. The highest BCUT2D eigenvalue weighted by atomic mass is 19.3. The summed E-state index contributed by atoms with van der Waals surface area (Å²) in [5, 5.41) is 8.81. The van der Waals surface area contributed by atoms with Crippen molar-refractivity contribution < 1.29 is 18.7 Å². The zero-order valence-electron chi connectivity index (χ0n) is 10.8. The van der Waals surface area contributed by atoms with Crippen molar-refractivity contribution in [2.24, 2.45) is 5.92 Å². The van der Waals surface area contributed by atoms with Crippen LogP contribution >= 0.6 is 0 Å². The molecule has 0 atom stereocenters. The number of carbonyl (C=O) groups excluding carboxylic acids is 1. The van der Waals surface area contributed by atoms with Gasteiger partial charge < -0.3 is 10.0 Å². The number of hydrogen-bond donors (Lipinski definition) is 1. The van der Waals surface area contributed by atoms with E-state index in [2.05, 4.69) is 0 Å². The molecule has 0 aromatic heterocycles. The molecule has 1 aliphatic rings. The minimum atomic E-state index is -2.53. The monoisotopic (exact) mass is 263 g/mol. The molecule has 106 valence electrons. The number of alkyl halides is 2. The van der Waals surface area contributed by atoms with E-state index >= 15 is 0 Å². The average molecular weight is 263 g/mol. The molecule has 0 aromatic carbocycles. The van der Waals surface area contributed by atoms with Crippen LogP contribution < -0.4 is 0 Å². The van der Waals surface area contributed by atoms with Crippen LogP contribution in [-0.4, -0.2) is 42.0 Å². The third-order valence-electron chi connectivity index (χ3n) is 3.52. The van der Waals surface area contributed by atoms with Crippen LogP contribution in [0.3, 0.4) is 0 Å². The van der Waals surface area contributed by atoms with E-state index in [0.717, 1.165) is 30.6 Å². The number of carbonyl (C=O) groups is 1. The number of amides is 1. The summed E-state index contributed by atoms with van der Waals surface area (Å²) in [6, 6.07) is 0. The molecule has 1 aliphatic carbocycles. The Morgan fingerprint density at radius 1 is 1.22 bits per heavy atom. The Morgan fingerprint density at radius 2 is 1.83 bits per heavy atom. The smallest absolute Gasteiger partial charge is 0.255 e. The second-order valence-electron chi connectivity index (χ2n) is 5.02. The van der Waals surface area contributed by atoms with Crippen molar-refractivity contribution in [3.63, 3.8) is 0 Å². The Morgan fingerprint density at radius 3 is 2.33 bits per heavy atom. The Hall–Kier alpha value is -0.710. The largest absolute Gasteiger partial charge is 0.395 e. The number of rotatable bonds is 6. The van der Waals surface area contributed by atoms with E-state index in [1.165, 1.54) is 12.8 Å². The molecule has 0 radical (unpaired) electrons. The van der Waals surface area contributed by atoms with Gasteiger partial charge >= 0.3 is 0 Å². The van der Waals surface area contributed by atoms with Crippen molar-refractivity contribution in [2.45, 2.75) is 51.4 Å². The second kappa shape index (κ2) is 8.40. The van der Waals surface area contributed by atoms with Gasteiger partial charge in [0.15, 0.2) is 0 Å². The molecule has 1 N–H and O–H groups in total. The van der Waals surface area contributed by atoms with E-state index in [-0.39, 0.29) is 19.1 Å². The molecular formula is C13H23F2NO2. The van der Waals surface area contributed by atoms with E-state index in [1.54, 1.807) is 0 Å². The molecule has 0 saturated heterocycles. The van der Waals surface area contributed by atoms with Crippen LogP contribution in [0.4, 0.5) is 8.78 Å². The van der Waals surface area contributed by atoms with E-state index in [0.29, 0.717) is 12.3 Å². The summed E-state index contributed by atoms with van der Waals surface area (Å²) < 4.78 is 24.7. The molecule has 0 aromatic rings. The summed E-state index contributed by atoms with van der Waals surface area (Å²) in [4.78, 5) is 13.0. The van der Waals surface area contributed by atoms with E-state index < -0.39 is 13.0 Å². The van der Waals surface area contributed by atoms with Crippen LogP contribution in [0, 0.1) is 5.92 Å². The van der Waals surface area contributed by atoms with Gasteiger partial charge in [0, 0.05) is 13.0 Å². The van der Waals surface area contributed by atoms with Crippen molar-refractivity contribution in [1.82, 2.24) is 4.90 Å². The highest BCUT2D eigenvalue weighted by Crippen LogP contribution is 2.26. The molecule has 18 heavy (non-hydrogen) atoms. The van der Waals surface area contributed by atoms with Crippen molar-refractivity contribution in [1.29, 1.82) is 0 Å². The van der Waals surface area contributed by atoms with Gasteiger partial charge in [0.2, 0.25) is 5.91 Å². The molecule has 3 nitrogen and oxygen atoms in total. The van der Waals surface area contributed by atoms with Crippen LogP contribution in [0.5, 0.6) is 0 Å². The molecule has 0 aliphatic heterocycles. The van der Waals surface area contributed by atoms with E-state index in [9.17, 15) is 13.6 Å². The molecule has 0 unspecified atom stereocenters. The van der Waals surface area contributed by atoms with Gasteiger partial charge in [0.05, 0.1) is 13.2 Å². The lowest BCUT2D eigenvalue weighted by molar-refractivity contribution is -0.134. The number of aliphatic hydroxyl groups is 1. The Kier molecular flexibility index (Phi) is 7.16. The first-order valence-corrected chi connectivity index (χ1v) is 6.80. The van der Waals surface area contributed by atoms with Crippen LogP contribution in [0.15, 0.2) is 0 Å². The van der Waals surface area contributed by atoms with Gasteiger partial charge in [-0.3, -0.25) is 4.79 Å². The first kappa shape index (κ1) is 15.3. The standard InChI is InChI=1S/C13H23F2NO2/c14-12(15)10-16(7-8-17)13(18)9-11-5-3-1-2-4-6-11/h11-12,17H,1-10H2. The summed E-state index contributed by atoms with van der Waals surface area (Å²) in [6.07, 6.45) is 4.55. The first-order chi connectivity index (χ1) is 8.63. The topological polar surface area (TPSA) is 40.5 Å². The van der Waals surface area contributed by atoms with E-state index in [4.69, 9.17) is 5.11 Å². The quantitative estimate of drug-likeness (QED) is 0.748. The van der Waals surface area contributed by atoms with Crippen LogP contribution in [-0.2, 0) is 4.79 Å². The normalized spacial score (nSPS) is 17.8. The van der Waals surface area contributed by atoms with Crippen molar-refractivity contribution >= 4 is 5.91 Å².